The summed E-state index contributed by atoms with van der Waals surface area (Å²) in [4.78, 5) is 5.76. The van der Waals surface area contributed by atoms with Gasteiger partial charge >= 0.3 is 6.18 Å². The molecule has 1 aromatic rings. The summed E-state index contributed by atoms with van der Waals surface area (Å²) in [6.45, 7) is 4.73. The van der Waals surface area contributed by atoms with Crippen LogP contribution in [0, 0.1) is 5.92 Å². The van der Waals surface area contributed by atoms with Crippen LogP contribution in [0.3, 0.4) is 0 Å². The summed E-state index contributed by atoms with van der Waals surface area (Å²) < 4.78 is 38.1. The first-order valence-corrected chi connectivity index (χ1v) is 7.35. The molecule has 1 aliphatic carbocycles. The van der Waals surface area contributed by atoms with Crippen LogP contribution in [0.25, 0.3) is 0 Å². The lowest BCUT2D eigenvalue weighted by Gasteiger charge is -2.25. The van der Waals surface area contributed by atoms with E-state index in [9.17, 15) is 13.2 Å². The molecule has 1 fully saturated rings. The van der Waals surface area contributed by atoms with E-state index in [1.165, 1.54) is 4.90 Å². The van der Waals surface area contributed by atoms with E-state index in [0.29, 0.717) is 18.3 Å². The topological polar surface area (TPSA) is 28.2 Å². The standard InChI is InChI=1S/C15H22F3N3/c1-11(2)8-19-9-12-4-3-5-14(20-12)21(13-6-7-13)10-15(16,17)18/h3-5,11,13,19H,6-10H2,1-2H3. The highest BCUT2D eigenvalue weighted by Crippen LogP contribution is 2.33. The molecule has 1 aliphatic rings. The van der Waals surface area contributed by atoms with Crippen LogP contribution in [0.1, 0.15) is 32.4 Å². The van der Waals surface area contributed by atoms with E-state index < -0.39 is 12.7 Å². The number of anilines is 1. The Bertz CT molecular complexity index is 456. The van der Waals surface area contributed by atoms with Gasteiger partial charge in [-0.05, 0) is 37.4 Å². The highest BCUT2D eigenvalue weighted by molar-refractivity contribution is 5.42. The molecule has 0 bridgehead atoms. The number of aromatic nitrogens is 1. The van der Waals surface area contributed by atoms with Crippen molar-refractivity contribution in [3.63, 3.8) is 0 Å². The molecule has 1 aromatic heterocycles. The Hall–Kier alpha value is -1.30. The van der Waals surface area contributed by atoms with E-state index in [2.05, 4.69) is 24.1 Å². The second-order valence-electron chi connectivity index (χ2n) is 5.99. The molecule has 21 heavy (non-hydrogen) atoms. The maximum absolute atomic E-state index is 12.7. The molecule has 118 valence electrons. The van der Waals surface area contributed by atoms with Gasteiger partial charge in [-0.1, -0.05) is 19.9 Å². The van der Waals surface area contributed by atoms with Crippen LogP contribution in [-0.2, 0) is 6.54 Å². The Morgan fingerprint density at radius 2 is 2.05 bits per heavy atom. The van der Waals surface area contributed by atoms with Crippen molar-refractivity contribution in [1.29, 1.82) is 0 Å². The van der Waals surface area contributed by atoms with Gasteiger partial charge in [-0.3, -0.25) is 0 Å². The first kappa shape index (κ1) is 16.1. The average Bonchev–Trinajstić information content (AvgIpc) is 3.19. The van der Waals surface area contributed by atoms with Crippen LogP contribution in [0.15, 0.2) is 18.2 Å². The summed E-state index contributed by atoms with van der Waals surface area (Å²) in [7, 11) is 0. The first-order chi connectivity index (χ1) is 9.85. The van der Waals surface area contributed by atoms with Gasteiger partial charge in [0, 0.05) is 12.6 Å². The number of nitrogens with zero attached hydrogens (tertiary/aromatic N) is 2. The molecule has 3 nitrogen and oxygen atoms in total. The van der Waals surface area contributed by atoms with E-state index in [4.69, 9.17) is 0 Å². The third-order valence-electron chi connectivity index (χ3n) is 3.28. The Kier molecular flexibility index (Phi) is 5.08. The molecule has 0 unspecified atom stereocenters. The lowest BCUT2D eigenvalue weighted by atomic mass is 10.2. The fraction of sp³-hybridized carbons (Fsp3) is 0.667. The first-order valence-electron chi connectivity index (χ1n) is 7.35. The number of rotatable bonds is 7. The van der Waals surface area contributed by atoms with Crippen molar-refractivity contribution < 1.29 is 13.2 Å². The second kappa shape index (κ2) is 6.64. The Labute approximate surface area is 123 Å². The third-order valence-corrected chi connectivity index (χ3v) is 3.28. The molecule has 0 spiro atoms. The highest BCUT2D eigenvalue weighted by Gasteiger charge is 2.38. The summed E-state index contributed by atoms with van der Waals surface area (Å²) in [5.41, 5.74) is 0.779. The van der Waals surface area contributed by atoms with E-state index in [1.54, 1.807) is 12.1 Å². The molecule has 1 saturated carbocycles. The third kappa shape index (κ3) is 5.53. The minimum Gasteiger partial charge on any atom is -0.345 e. The second-order valence-corrected chi connectivity index (χ2v) is 5.99. The summed E-state index contributed by atoms with van der Waals surface area (Å²) in [6.07, 6.45) is -2.57. The van der Waals surface area contributed by atoms with Gasteiger partial charge < -0.3 is 10.2 Å². The van der Waals surface area contributed by atoms with Crippen molar-refractivity contribution in [2.45, 2.75) is 45.5 Å². The molecule has 0 atom stereocenters. The summed E-state index contributed by atoms with van der Waals surface area (Å²) >= 11 is 0. The smallest absolute Gasteiger partial charge is 0.345 e. The van der Waals surface area contributed by atoms with Gasteiger partial charge in [0.1, 0.15) is 12.4 Å². The fourth-order valence-corrected chi connectivity index (χ4v) is 2.19. The Morgan fingerprint density at radius 1 is 1.33 bits per heavy atom. The number of hydrogen-bond acceptors (Lipinski definition) is 3. The Balaban J connectivity index is 2.03. The van der Waals surface area contributed by atoms with Crippen molar-refractivity contribution in [1.82, 2.24) is 10.3 Å². The van der Waals surface area contributed by atoms with Gasteiger partial charge in [-0.25, -0.2) is 4.98 Å². The normalized spacial score (nSPS) is 15.5. The molecule has 0 aliphatic heterocycles. The van der Waals surface area contributed by atoms with E-state index >= 15 is 0 Å². The van der Waals surface area contributed by atoms with Crippen LogP contribution in [0.2, 0.25) is 0 Å². The molecule has 2 rings (SSSR count). The van der Waals surface area contributed by atoms with Crippen molar-refractivity contribution in [3.05, 3.63) is 23.9 Å². The number of pyridine rings is 1. The molecule has 0 radical (unpaired) electrons. The molecular weight excluding hydrogens is 279 g/mol. The minimum atomic E-state index is -4.20. The van der Waals surface area contributed by atoms with Gasteiger partial charge in [0.05, 0.1) is 5.69 Å². The summed E-state index contributed by atoms with van der Waals surface area (Å²) in [6, 6.07) is 5.27. The maximum Gasteiger partial charge on any atom is 0.405 e. The maximum atomic E-state index is 12.7. The zero-order valence-corrected chi connectivity index (χ0v) is 12.5. The molecule has 0 saturated heterocycles. The van der Waals surface area contributed by atoms with Crippen molar-refractivity contribution in [2.24, 2.45) is 5.92 Å². The average molecular weight is 301 g/mol. The zero-order valence-electron chi connectivity index (χ0n) is 12.5. The molecule has 0 aromatic carbocycles. The molecule has 0 amide bonds. The van der Waals surface area contributed by atoms with Crippen LogP contribution in [0.5, 0.6) is 0 Å². The predicted molar refractivity (Wildman–Crippen MR) is 77.2 cm³/mol. The van der Waals surface area contributed by atoms with Gasteiger partial charge in [0.25, 0.3) is 0 Å². The number of hydrogen-bond donors (Lipinski definition) is 1. The lowest BCUT2D eigenvalue weighted by molar-refractivity contribution is -0.120. The van der Waals surface area contributed by atoms with Crippen LogP contribution in [0.4, 0.5) is 19.0 Å². The van der Waals surface area contributed by atoms with Crippen molar-refractivity contribution in [2.75, 3.05) is 18.0 Å². The largest absolute Gasteiger partial charge is 0.405 e. The fourth-order valence-electron chi connectivity index (χ4n) is 2.19. The highest BCUT2D eigenvalue weighted by atomic mass is 19.4. The van der Waals surface area contributed by atoms with Gasteiger partial charge in [0.15, 0.2) is 0 Å². The number of halogens is 3. The monoisotopic (exact) mass is 301 g/mol. The zero-order chi connectivity index (χ0) is 15.5. The van der Waals surface area contributed by atoms with Gasteiger partial charge in [-0.2, -0.15) is 13.2 Å². The van der Waals surface area contributed by atoms with Crippen LogP contribution < -0.4 is 10.2 Å². The van der Waals surface area contributed by atoms with Gasteiger partial charge in [-0.15, -0.1) is 0 Å². The van der Waals surface area contributed by atoms with Gasteiger partial charge in [0.2, 0.25) is 0 Å². The van der Waals surface area contributed by atoms with E-state index in [0.717, 1.165) is 25.1 Å². The lowest BCUT2D eigenvalue weighted by Crippen LogP contribution is -2.36. The predicted octanol–water partition coefficient (Wildman–Crippen LogP) is 3.36. The Morgan fingerprint density at radius 3 is 2.62 bits per heavy atom. The molecule has 6 heteroatoms. The van der Waals surface area contributed by atoms with E-state index in [-0.39, 0.29) is 6.04 Å². The van der Waals surface area contributed by atoms with Crippen molar-refractivity contribution in [3.8, 4) is 0 Å². The van der Waals surface area contributed by atoms with Crippen molar-refractivity contribution >= 4 is 5.82 Å². The SMILES string of the molecule is CC(C)CNCc1cccc(N(CC(F)(F)F)C2CC2)n1. The quantitative estimate of drug-likeness (QED) is 0.837. The summed E-state index contributed by atoms with van der Waals surface area (Å²) in [5, 5.41) is 3.26. The summed E-state index contributed by atoms with van der Waals surface area (Å²) in [5.74, 6) is 0.958. The molecular formula is C15H22F3N3. The minimum absolute atomic E-state index is 0.0157. The number of nitrogens with one attached hydrogen (secondary N) is 1. The van der Waals surface area contributed by atoms with Crippen LogP contribution >= 0.6 is 0 Å². The van der Waals surface area contributed by atoms with Crippen LogP contribution in [-0.4, -0.2) is 30.3 Å². The number of alkyl halides is 3. The van der Waals surface area contributed by atoms with E-state index in [1.807, 2.05) is 6.07 Å². The molecule has 1 heterocycles. The molecule has 1 N–H and O–H groups in total.